The SMILES string of the molecule is CCOC(=O)C1=C(C)Nc2nnnn2[C@H]1c1ccccc1C. The molecule has 114 valence electrons. The van der Waals surface area contributed by atoms with Gasteiger partial charge in [-0.1, -0.05) is 29.4 Å². The number of anilines is 1. The standard InChI is InChI=1S/C15H17N5O2/c1-4-22-14(21)12-10(3)16-15-17-18-19-20(15)13(12)11-8-6-5-7-9(11)2/h5-8,13H,4H2,1-3H3,(H,16,17,19)/t13-/m0/s1. The monoisotopic (exact) mass is 299 g/mol. The molecule has 0 amide bonds. The Morgan fingerprint density at radius 3 is 2.86 bits per heavy atom. The lowest BCUT2D eigenvalue weighted by Crippen LogP contribution is -2.30. The highest BCUT2D eigenvalue weighted by molar-refractivity contribution is 5.92. The number of aromatic nitrogens is 4. The maximum absolute atomic E-state index is 12.4. The summed E-state index contributed by atoms with van der Waals surface area (Å²) in [7, 11) is 0. The van der Waals surface area contributed by atoms with Gasteiger partial charge in [-0.2, -0.15) is 4.68 Å². The highest BCUT2D eigenvalue weighted by Crippen LogP contribution is 2.35. The van der Waals surface area contributed by atoms with Crippen LogP contribution in [0.25, 0.3) is 0 Å². The van der Waals surface area contributed by atoms with Crippen LogP contribution in [0.1, 0.15) is 31.0 Å². The molecule has 0 bridgehead atoms. The Bertz CT molecular complexity index is 750. The van der Waals surface area contributed by atoms with Crippen molar-refractivity contribution in [2.24, 2.45) is 0 Å². The van der Waals surface area contributed by atoms with E-state index in [-0.39, 0.29) is 5.97 Å². The van der Waals surface area contributed by atoms with Crippen LogP contribution in [0.3, 0.4) is 0 Å². The third-order valence-electron chi connectivity index (χ3n) is 3.69. The van der Waals surface area contributed by atoms with Crippen molar-refractivity contribution < 1.29 is 9.53 Å². The van der Waals surface area contributed by atoms with Gasteiger partial charge in [-0.25, -0.2) is 4.79 Å². The molecule has 22 heavy (non-hydrogen) atoms. The van der Waals surface area contributed by atoms with Crippen molar-refractivity contribution in [1.29, 1.82) is 0 Å². The number of allylic oxidation sites excluding steroid dienone is 1. The van der Waals surface area contributed by atoms with E-state index in [0.29, 0.717) is 23.8 Å². The van der Waals surface area contributed by atoms with Gasteiger partial charge in [0.25, 0.3) is 0 Å². The lowest BCUT2D eigenvalue weighted by molar-refractivity contribution is -0.139. The van der Waals surface area contributed by atoms with Gasteiger partial charge in [0.15, 0.2) is 0 Å². The molecule has 0 radical (unpaired) electrons. The Labute approximate surface area is 128 Å². The number of nitrogens with one attached hydrogen (secondary N) is 1. The molecule has 0 fully saturated rings. The predicted octanol–water partition coefficient (Wildman–Crippen LogP) is 1.83. The van der Waals surface area contributed by atoms with E-state index in [1.54, 1.807) is 11.6 Å². The van der Waals surface area contributed by atoms with Crippen molar-refractivity contribution in [3.8, 4) is 0 Å². The molecule has 1 aliphatic heterocycles. The van der Waals surface area contributed by atoms with Crippen molar-refractivity contribution in [2.45, 2.75) is 26.8 Å². The smallest absolute Gasteiger partial charge is 0.338 e. The summed E-state index contributed by atoms with van der Waals surface area (Å²) in [4.78, 5) is 12.4. The van der Waals surface area contributed by atoms with E-state index in [1.165, 1.54) is 0 Å². The number of esters is 1. The summed E-state index contributed by atoms with van der Waals surface area (Å²) in [6.45, 7) is 5.93. The fraction of sp³-hybridized carbons (Fsp3) is 0.333. The molecule has 1 aromatic heterocycles. The number of hydrogen-bond donors (Lipinski definition) is 1. The van der Waals surface area contributed by atoms with Gasteiger partial charge in [0.1, 0.15) is 6.04 Å². The number of aryl methyl sites for hydroxylation is 1. The topological polar surface area (TPSA) is 81.9 Å². The highest BCUT2D eigenvalue weighted by atomic mass is 16.5. The average molecular weight is 299 g/mol. The molecular formula is C15H17N5O2. The second kappa shape index (κ2) is 5.59. The summed E-state index contributed by atoms with van der Waals surface area (Å²) < 4.78 is 6.83. The van der Waals surface area contributed by atoms with Gasteiger partial charge in [0.2, 0.25) is 5.95 Å². The van der Waals surface area contributed by atoms with Crippen LogP contribution in [-0.4, -0.2) is 32.8 Å². The molecule has 1 aromatic carbocycles. The third kappa shape index (κ3) is 2.24. The van der Waals surface area contributed by atoms with Gasteiger partial charge < -0.3 is 10.1 Å². The maximum Gasteiger partial charge on any atom is 0.338 e. The molecule has 0 spiro atoms. The number of ether oxygens (including phenoxy) is 1. The van der Waals surface area contributed by atoms with Gasteiger partial charge in [0.05, 0.1) is 12.2 Å². The average Bonchev–Trinajstić information content (AvgIpc) is 2.94. The minimum atomic E-state index is -0.397. The molecule has 0 saturated carbocycles. The van der Waals surface area contributed by atoms with E-state index < -0.39 is 6.04 Å². The molecule has 2 heterocycles. The fourth-order valence-corrected chi connectivity index (χ4v) is 2.67. The quantitative estimate of drug-likeness (QED) is 0.871. The molecule has 3 rings (SSSR count). The molecule has 2 aromatic rings. The molecule has 1 aliphatic rings. The van der Waals surface area contributed by atoms with E-state index in [1.807, 2.05) is 38.1 Å². The minimum absolute atomic E-state index is 0.318. The van der Waals surface area contributed by atoms with Crippen molar-refractivity contribution in [2.75, 3.05) is 11.9 Å². The molecule has 0 saturated heterocycles. The zero-order valence-electron chi connectivity index (χ0n) is 12.7. The van der Waals surface area contributed by atoms with Crippen LogP contribution in [0.2, 0.25) is 0 Å². The van der Waals surface area contributed by atoms with Crippen LogP contribution < -0.4 is 5.32 Å². The number of nitrogens with zero attached hydrogens (tertiary/aromatic N) is 4. The first-order valence-corrected chi connectivity index (χ1v) is 7.11. The number of fused-ring (bicyclic) bond motifs is 1. The Morgan fingerprint density at radius 2 is 2.14 bits per heavy atom. The molecule has 7 nitrogen and oxygen atoms in total. The first-order valence-electron chi connectivity index (χ1n) is 7.11. The maximum atomic E-state index is 12.4. The number of carbonyl (C=O) groups is 1. The second-order valence-electron chi connectivity index (χ2n) is 5.09. The normalized spacial score (nSPS) is 17.0. The minimum Gasteiger partial charge on any atom is -0.463 e. The Hall–Kier alpha value is -2.70. The Morgan fingerprint density at radius 1 is 1.36 bits per heavy atom. The number of carbonyl (C=O) groups excluding carboxylic acids is 1. The summed E-state index contributed by atoms with van der Waals surface area (Å²) in [6.07, 6.45) is 0. The van der Waals surface area contributed by atoms with Crippen LogP contribution in [-0.2, 0) is 9.53 Å². The number of tetrazole rings is 1. The van der Waals surface area contributed by atoms with Crippen molar-refractivity contribution >= 4 is 11.9 Å². The van der Waals surface area contributed by atoms with Crippen molar-refractivity contribution in [3.63, 3.8) is 0 Å². The lowest BCUT2D eigenvalue weighted by Gasteiger charge is -2.28. The number of hydrogen-bond acceptors (Lipinski definition) is 6. The molecule has 1 N–H and O–H groups in total. The number of benzene rings is 1. The first kappa shape index (κ1) is 14.2. The van der Waals surface area contributed by atoms with E-state index in [2.05, 4.69) is 20.8 Å². The highest BCUT2D eigenvalue weighted by Gasteiger charge is 2.35. The predicted molar refractivity (Wildman–Crippen MR) is 80.1 cm³/mol. The summed E-state index contributed by atoms with van der Waals surface area (Å²) in [5.74, 6) is 0.153. The van der Waals surface area contributed by atoms with Crippen LogP contribution in [0.5, 0.6) is 0 Å². The summed E-state index contributed by atoms with van der Waals surface area (Å²) >= 11 is 0. The molecule has 0 unspecified atom stereocenters. The first-order chi connectivity index (χ1) is 10.6. The van der Waals surface area contributed by atoms with Crippen molar-refractivity contribution in [1.82, 2.24) is 20.2 Å². The zero-order valence-corrected chi connectivity index (χ0v) is 12.7. The van der Waals surface area contributed by atoms with E-state index >= 15 is 0 Å². The summed E-state index contributed by atoms with van der Waals surface area (Å²) in [5, 5.41) is 14.8. The lowest BCUT2D eigenvalue weighted by atomic mass is 9.93. The van der Waals surface area contributed by atoms with E-state index in [9.17, 15) is 4.79 Å². The fourth-order valence-electron chi connectivity index (χ4n) is 2.67. The van der Waals surface area contributed by atoms with Gasteiger partial charge in [0, 0.05) is 5.70 Å². The summed E-state index contributed by atoms with van der Waals surface area (Å²) in [6, 6.07) is 7.47. The largest absolute Gasteiger partial charge is 0.463 e. The second-order valence-corrected chi connectivity index (χ2v) is 5.09. The van der Waals surface area contributed by atoms with E-state index in [4.69, 9.17) is 4.74 Å². The van der Waals surface area contributed by atoms with Crippen LogP contribution >= 0.6 is 0 Å². The third-order valence-corrected chi connectivity index (χ3v) is 3.69. The van der Waals surface area contributed by atoms with Gasteiger partial charge in [-0.05, 0) is 42.3 Å². The van der Waals surface area contributed by atoms with Crippen LogP contribution in [0, 0.1) is 6.92 Å². The molecular weight excluding hydrogens is 282 g/mol. The number of rotatable bonds is 3. The summed E-state index contributed by atoms with van der Waals surface area (Å²) in [5.41, 5.74) is 3.26. The molecule has 7 heteroatoms. The molecule has 1 atom stereocenters. The van der Waals surface area contributed by atoms with Gasteiger partial charge in [-0.3, -0.25) is 0 Å². The Kier molecular flexibility index (Phi) is 3.62. The van der Waals surface area contributed by atoms with Crippen LogP contribution in [0.4, 0.5) is 5.95 Å². The van der Waals surface area contributed by atoms with Crippen LogP contribution in [0.15, 0.2) is 35.5 Å². The van der Waals surface area contributed by atoms with Crippen molar-refractivity contribution in [3.05, 3.63) is 46.7 Å². The van der Waals surface area contributed by atoms with E-state index in [0.717, 1.165) is 11.1 Å². The zero-order chi connectivity index (χ0) is 15.7. The Balaban J connectivity index is 2.18. The van der Waals surface area contributed by atoms with Gasteiger partial charge >= 0.3 is 5.97 Å². The van der Waals surface area contributed by atoms with Gasteiger partial charge in [-0.15, -0.1) is 0 Å². The molecule has 0 aliphatic carbocycles.